The van der Waals surface area contributed by atoms with Gasteiger partial charge in [0.15, 0.2) is 11.5 Å². The van der Waals surface area contributed by atoms with E-state index in [9.17, 15) is 27.2 Å². The van der Waals surface area contributed by atoms with Gasteiger partial charge < -0.3 is 21.4 Å². The number of imidazole rings is 1. The maximum Gasteiger partial charge on any atom is 0.435 e. The topological polar surface area (TPSA) is 142 Å². The van der Waals surface area contributed by atoms with E-state index in [4.69, 9.17) is 17.3 Å². The van der Waals surface area contributed by atoms with E-state index in [0.29, 0.717) is 13.1 Å². The molecule has 3 rings (SSSR count). The molecule has 0 bridgehead atoms. The van der Waals surface area contributed by atoms with Crippen LogP contribution in [0.15, 0.2) is 36.8 Å². The number of carbonyl (C=O) groups is 2. The summed E-state index contributed by atoms with van der Waals surface area (Å²) in [4.78, 5) is 31.5. The minimum atomic E-state index is -4.77. The smallest absolute Gasteiger partial charge is 0.352 e. The van der Waals surface area contributed by atoms with Crippen LogP contribution in [-0.2, 0) is 19.0 Å². The Morgan fingerprint density at radius 1 is 1.16 bits per heavy atom. The second-order valence-electron chi connectivity index (χ2n) is 8.41. The summed E-state index contributed by atoms with van der Waals surface area (Å²) in [6, 6.07) is 4.33. The number of nitrogens with one attached hydrogen (secondary N) is 4. The van der Waals surface area contributed by atoms with Crippen molar-refractivity contribution in [2.45, 2.75) is 38.3 Å². The van der Waals surface area contributed by atoms with Gasteiger partial charge in [0.2, 0.25) is 0 Å². The Morgan fingerprint density at radius 3 is 2.58 bits per heavy atom. The van der Waals surface area contributed by atoms with Gasteiger partial charge in [0, 0.05) is 48.2 Å². The van der Waals surface area contributed by atoms with Gasteiger partial charge in [-0.25, -0.2) is 9.37 Å². The van der Waals surface area contributed by atoms with Crippen molar-refractivity contribution in [2.24, 2.45) is 5.73 Å². The van der Waals surface area contributed by atoms with Crippen molar-refractivity contribution in [1.82, 2.24) is 25.5 Å². The first-order valence-electron chi connectivity index (χ1n) is 11.6. The lowest BCUT2D eigenvalue weighted by Crippen LogP contribution is -2.25. The number of carbonyl (C=O) groups excluding carboxylic acids is 2. The first-order valence-corrected chi connectivity index (χ1v) is 12.0. The van der Waals surface area contributed by atoms with E-state index < -0.39 is 30.0 Å². The van der Waals surface area contributed by atoms with Gasteiger partial charge in [-0.05, 0) is 37.6 Å². The summed E-state index contributed by atoms with van der Waals surface area (Å²) < 4.78 is 53.4. The Labute approximate surface area is 220 Å². The van der Waals surface area contributed by atoms with Gasteiger partial charge in [-0.3, -0.25) is 14.7 Å². The Balaban J connectivity index is 1.66. The number of allylic oxidation sites excluding steroid dienone is 1. The van der Waals surface area contributed by atoms with Crippen molar-refractivity contribution in [3.05, 3.63) is 75.9 Å². The van der Waals surface area contributed by atoms with Gasteiger partial charge in [0.1, 0.15) is 0 Å². The molecular formula is C24H26ClF4N7O2. The number of hydrogen-bond donors (Lipinski definition) is 5. The molecule has 0 aliphatic heterocycles. The third-order valence-electron chi connectivity index (χ3n) is 5.44. The van der Waals surface area contributed by atoms with Crippen molar-refractivity contribution in [1.29, 1.82) is 0 Å². The van der Waals surface area contributed by atoms with Gasteiger partial charge in [-0.1, -0.05) is 24.6 Å². The standard InChI is InChI=1S/C24H26ClF4N7O2/c1-13(26)9-19-17(20(36-35-19)24(27,28)29)10-15-12-32-21(33-15)23(38)34-14-5-6-16(18(25)11-14)22(37)31-8-4-2-3-7-30/h5-6,11-12H,1-4,7-10,30H2,(H,31,37)(H,32,33)(H,34,38)(H,35,36). The first-order chi connectivity index (χ1) is 18.0. The number of amides is 2. The first kappa shape index (κ1) is 28.9. The molecule has 38 heavy (non-hydrogen) atoms. The van der Waals surface area contributed by atoms with E-state index >= 15 is 0 Å². The van der Waals surface area contributed by atoms with E-state index in [1.165, 1.54) is 24.4 Å². The molecular weight excluding hydrogens is 530 g/mol. The molecule has 204 valence electrons. The van der Waals surface area contributed by atoms with Crippen LogP contribution in [0.4, 0.5) is 23.2 Å². The molecule has 0 unspecified atom stereocenters. The van der Waals surface area contributed by atoms with E-state index in [2.05, 4.69) is 37.4 Å². The predicted molar refractivity (Wildman–Crippen MR) is 134 cm³/mol. The molecule has 0 aliphatic rings. The number of aromatic nitrogens is 4. The minimum Gasteiger partial charge on any atom is -0.352 e. The van der Waals surface area contributed by atoms with E-state index in [-0.39, 0.29) is 51.4 Å². The Hall–Kier alpha value is -3.71. The van der Waals surface area contributed by atoms with Crippen molar-refractivity contribution in [3.8, 4) is 0 Å². The van der Waals surface area contributed by atoms with Crippen LogP contribution in [0.3, 0.4) is 0 Å². The maximum atomic E-state index is 13.4. The molecule has 0 atom stereocenters. The van der Waals surface area contributed by atoms with Crippen LogP contribution in [0.25, 0.3) is 0 Å². The molecule has 0 fully saturated rings. The number of benzene rings is 1. The fraction of sp³-hybridized carbons (Fsp3) is 0.333. The maximum absolute atomic E-state index is 13.4. The fourth-order valence-corrected chi connectivity index (χ4v) is 3.90. The van der Waals surface area contributed by atoms with Crippen LogP contribution < -0.4 is 16.4 Å². The zero-order valence-electron chi connectivity index (χ0n) is 20.1. The SMILES string of the molecule is C=C(F)Cc1[nH]nc(C(F)(F)F)c1Cc1cnc(C(=O)Nc2ccc(C(=O)NCCCCCN)c(Cl)c2)[nH]1. The summed E-state index contributed by atoms with van der Waals surface area (Å²) in [7, 11) is 0. The quantitative estimate of drug-likeness (QED) is 0.165. The largest absolute Gasteiger partial charge is 0.435 e. The van der Waals surface area contributed by atoms with Gasteiger partial charge >= 0.3 is 6.18 Å². The zero-order valence-corrected chi connectivity index (χ0v) is 20.9. The van der Waals surface area contributed by atoms with Gasteiger partial charge in [-0.2, -0.15) is 18.3 Å². The lowest BCUT2D eigenvalue weighted by molar-refractivity contribution is -0.141. The highest BCUT2D eigenvalue weighted by molar-refractivity contribution is 6.34. The van der Waals surface area contributed by atoms with Crippen molar-refractivity contribution >= 4 is 29.1 Å². The van der Waals surface area contributed by atoms with Gasteiger partial charge in [-0.15, -0.1) is 0 Å². The summed E-state index contributed by atoms with van der Waals surface area (Å²) in [5, 5.41) is 10.9. The summed E-state index contributed by atoms with van der Waals surface area (Å²) in [5.41, 5.74) is 4.56. The van der Waals surface area contributed by atoms with Gasteiger partial charge in [0.25, 0.3) is 11.8 Å². The average Bonchev–Trinajstić information content (AvgIpc) is 3.46. The Bertz CT molecular complexity index is 1300. The summed E-state index contributed by atoms with van der Waals surface area (Å²) in [6.45, 7) is 4.14. The average molecular weight is 556 g/mol. The van der Waals surface area contributed by atoms with Crippen LogP contribution in [0.5, 0.6) is 0 Å². The molecule has 3 aromatic rings. The number of anilines is 1. The zero-order chi connectivity index (χ0) is 27.9. The number of rotatable bonds is 12. The Morgan fingerprint density at radius 2 is 1.92 bits per heavy atom. The molecule has 9 nitrogen and oxygen atoms in total. The molecule has 2 heterocycles. The van der Waals surface area contributed by atoms with Crippen LogP contribution in [0.2, 0.25) is 5.02 Å². The molecule has 0 saturated heterocycles. The second-order valence-corrected chi connectivity index (χ2v) is 8.82. The number of halogens is 5. The molecule has 14 heteroatoms. The highest BCUT2D eigenvalue weighted by atomic mass is 35.5. The minimum absolute atomic E-state index is 0.0836. The fourth-order valence-electron chi connectivity index (χ4n) is 3.63. The number of alkyl halides is 3. The number of nitrogens with zero attached hydrogens (tertiary/aromatic N) is 2. The molecule has 0 radical (unpaired) electrons. The molecule has 2 aromatic heterocycles. The molecule has 1 aromatic carbocycles. The highest BCUT2D eigenvalue weighted by Gasteiger charge is 2.38. The van der Waals surface area contributed by atoms with E-state index in [1.807, 2.05) is 0 Å². The van der Waals surface area contributed by atoms with Crippen molar-refractivity contribution < 1.29 is 27.2 Å². The third-order valence-corrected chi connectivity index (χ3v) is 5.75. The number of aromatic amines is 2. The molecule has 6 N–H and O–H groups in total. The van der Waals surface area contributed by atoms with Crippen LogP contribution in [0.1, 0.15) is 62.9 Å². The Kier molecular flexibility index (Phi) is 9.64. The monoisotopic (exact) mass is 555 g/mol. The second kappa shape index (κ2) is 12.7. The van der Waals surface area contributed by atoms with E-state index in [0.717, 1.165) is 19.3 Å². The van der Waals surface area contributed by atoms with E-state index in [1.54, 1.807) is 0 Å². The van der Waals surface area contributed by atoms with Crippen LogP contribution >= 0.6 is 11.6 Å². The normalized spacial score (nSPS) is 11.4. The predicted octanol–water partition coefficient (Wildman–Crippen LogP) is 4.53. The molecule has 2 amide bonds. The number of H-pyrrole nitrogens is 2. The highest BCUT2D eigenvalue weighted by Crippen LogP contribution is 2.33. The number of hydrogen-bond acceptors (Lipinski definition) is 5. The lowest BCUT2D eigenvalue weighted by Gasteiger charge is -2.09. The van der Waals surface area contributed by atoms with Crippen LogP contribution in [0, 0.1) is 0 Å². The molecule has 0 aliphatic carbocycles. The molecule has 0 saturated carbocycles. The summed E-state index contributed by atoms with van der Waals surface area (Å²) in [6.07, 6.45) is -1.83. The number of unbranched alkanes of at least 4 members (excludes halogenated alkanes) is 2. The number of nitrogens with two attached hydrogens (primary N) is 1. The molecule has 0 spiro atoms. The van der Waals surface area contributed by atoms with Crippen molar-refractivity contribution in [2.75, 3.05) is 18.4 Å². The summed E-state index contributed by atoms with van der Waals surface area (Å²) in [5.74, 6) is -2.06. The van der Waals surface area contributed by atoms with Crippen molar-refractivity contribution in [3.63, 3.8) is 0 Å². The third kappa shape index (κ3) is 7.65. The van der Waals surface area contributed by atoms with Gasteiger partial charge in [0.05, 0.1) is 16.4 Å². The lowest BCUT2D eigenvalue weighted by atomic mass is 10.0. The summed E-state index contributed by atoms with van der Waals surface area (Å²) >= 11 is 6.22. The van der Waals surface area contributed by atoms with Crippen LogP contribution in [-0.4, -0.2) is 45.1 Å².